The minimum absolute atomic E-state index is 0.644. The highest BCUT2D eigenvalue weighted by Crippen LogP contribution is 2.22. The van der Waals surface area contributed by atoms with Gasteiger partial charge in [-0.05, 0) is 25.0 Å². The predicted octanol–water partition coefficient (Wildman–Crippen LogP) is 2.72. The quantitative estimate of drug-likeness (QED) is 0.628. The normalized spacial score (nSPS) is 10.1. The van der Waals surface area contributed by atoms with Crippen LogP contribution in [0, 0.1) is 25.2 Å². The predicted molar refractivity (Wildman–Crippen MR) is 55.9 cm³/mol. The summed E-state index contributed by atoms with van der Waals surface area (Å²) in [5.41, 5.74) is 3.08. The second kappa shape index (κ2) is 3.12. The number of aryl methyl sites for hydroxylation is 2. The van der Waals surface area contributed by atoms with Crippen molar-refractivity contribution in [1.29, 1.82) is 5.26 Å². The lowest BCUT2D eigenvalue weighted by Crippen LogP contribution is -1.88. The summed E-state index contributed by atoms with van der Waals surface area (Å²) in [5.74, 6) is 0. The molecule has 0 N–H and O–H groups in total. The molecule has 1 aromatic carbocycles. The van der Waals surface area contributed by atoms with Gasteiger partial charge in [-0.1, -0.05) is 12.1 Å². The van der Waals surface area contributed by atoms with E-state index in [0.29, 0.717) is 5.56 Å². The van der Waals surface area contributed by atoms with E-state index in [4.69, 9.17) is 5.26 Å². The molecule has 68 valence electrons. The molecule has 0 saturated carbocycles. The van der Waals surface area contributed by atoms with E-state index in [1.54, 1.807) is 6.20 Å². The van der Waals surface area contributed by atoms with Crippen molar-refractivity contribution < 1.29 is 0 Å². The molecule has 0 spiro atoms. The average Bonchev–Trinajstić information content (AvgIpc) is 2.23. The first-order valence-corrected chi connectivity index (χ1v) is 4.48. The Kier molecular flexibility index (Phi) is 1.94. The van der Waals surface area contributed by atoms with E-state index in [1.807, 2.05) is 18.3 Å². The Bertz CT molecular complexity index is 536. The first-order chi connectivity index (χ1) is 6.74. The van der Waals surface area contributed by atoms with Gasteiger partial charge in [0.05, 0.1) is 5.56 Å². The standard InChI is InChI=1S/C12H10N2/c1-8-3-4-11-10(5-13)6-14-7-12(11)9(8)2/h3-4,6-7H,1-2H3. The molecular formula is C12H10N2. The summed E-state index contributed by atoms with van der Waals surface area (Å²) < 4.78 is 0. The maximum atomic E-state index is 8.91. The van der Waals surface area contributed by atoms with Gasteiger partial charge in [-0.3, -0.25) is 4.98 Å². The van der Waals surface area contributed by atoms with E-state index in [2.05, 4.69) is 24.9 Å². The minimum Gasteiger partial charge on any atom is -0.263 e. The van der Waals surface area contributed by atoms with Crippen LogP contribution in [0.2, 0.25) is 0 Å². The Hall–Kier alpha value is -1.88. The highest BCUT2D eigenvalue weighted by atomic mass is 14.6. The maximum Gasteiger partial charge on any atom is 0.101 e. The smallest absolute Gasteiger partial charge is 0.101 e. The number of hydrogen-bond donors (Lipinski definition) is 0. The maximum absolute atomic E-state index is 8.91. The van der Waals surface area contributed by atoms with Gasteiger partial charge < -0.3 is 0 Å². The van der Waals surface area contributed by atoms with Gasteiger partial charge >= 0.3 is 0 Å². The number of hydrogen-bond acceptors (Lipinski definition) is 2. The molecule has 0 aliphatic rings. The van der Waals surface area contributed by atoms with Crippen molar-refractivity contribution in [2.75, 3.05) is 0 Å². The van der Waals surface area contributed by atoms with Gasteiger partial charge in [-0.25, -0.2) is 0 Å². The zero-order valence-electron chi connectivity index (χ0n) is 8.20. The molecule has 0 atom stereocenters. The lowest BCUT2D eigenvalue weighted by Gasteiger charge is -2.05. The van der Waals surface area contributed by atoms with Crippen LogP contribution in [-0.4, -0.2) is 4.98 Å². The van der Waals surface area contributed by atoms with E-state index >= 15 is 0 Å². The summed E-state index contributed by atoms with van der Waals surface area (Å²) in [6.45, 7) is 4.12. The number of aromatic nitrogens is 1. The Morgan fingerprint density at radius 3 is 2.64 bits per heavy atom. The van der Waals surface area contributed by atoms with Crippen molar-refractivity contribution in [1.82, 2.24) is 4.98 Å². The van der Waals surface area contributed by atoms with E-state index in [9.17, 15) is 0 Å². The van der Waals surface area contributed by atoms with Crippen molar-refractivity contribution >= 4 is 10.8 Å². The topological polar surface area (TPSA) is 36.7 Å². The van der Waals surface area contributed by atoms with Crippen LogP contribution in [0.15, 0.2) is 24.5 Å². The van der Waals surface area contributed by atoms with Gasteiger partial charge in [0.1, 0.15) is 6.07 Å². The van der Waals surface area contributed by atoms with Crippen LogP contribution >= 0.6 is 0 Å². The third-order valence-electron chi connectivity index (χ3n) is 2.60. The van der Waals surface area contributed by atoms with Crippen LogP contribution in [-0.2, 0) is 0 Å². The number of nitriles is 1. The molecule has 2 nitrogen and oxygen atoms in total. The Balaban J connectivity index is 2.95. The molecule has 0 fully saturated rings. The average molecular weight is 182 g/mol. The van der Waals surface area contributed by atoms with Gasteiger partial charge in [0.2, 0.25) is 0 Å². The van der Waals surface area contributed by atoms with E-state index in [-0.39, 0.29) is 0 Å². The zero-order valence-corrected chi connectivity index (χ0v) is 8.20. The fourth-order valence-corrected chi connectivity index (χ4v) is 1.58. The van der Waals surface area contributed by atoms with Crippen molar-refractivity contribution in [2.24, 2.45) is 0 Å². The number of nitrogens with zero attached hydrogens (tertiary/aromatic N) is 2. The Labute approximate surface area is 82.8 Å². The van der Waals surface area contributed by atoms with Crippen LogP contribution in [0.4, 0.5) is 0 Å². The molecule has 1 aromatic heterocycles. The summed E-state index contributed by atoms with van der Waals surface area (Å²) in [6, 6.07) is 6.18. The first-order valence-electron chi connectivity index (χ1n) is 4.48. The molecule has 0 radical (unpaired) electrons. The molecule has 2 heteroatoms. The van der Waals surface area contributed by atoms with Crippen LogP contribution in [0.3, 0.4) is 0 Å². The highest BCUT2D eigenvalue weighted by Gasteiger charge is 2.04. The molecule has 1 heterocycles. The third-order valence-corrected chi connectivity index (χ3v) is 2.60. The number of pyridine rings is 1. The van der Waals surface area contributed by atoms with Crippen molar-refractivity contribution in [3.63, 3.8) is 0 Å². The number of benzene rings is 1. The number of rotatable bonds is 0. The van der Waals surface area contributed by atoms with Crippen LogP contribution < -0.4 is 0 Å². The van der Waals surface area contributed by atoms with Crippen molar-refractivity contribution in [3.05, 3.63) is 41.2 Å². The molecule has 0 saturated heterocycles. The van der Waals surface area contributed by atoms with Gasteiger partial charge in [0, 0.05) is 23.2 Å². The molecule has 0 bridgehead atoms. The SMILES string of the molecule is Cc1ccc2c(C#N)cncc2c1C. The van der Waals surface area contributed by atoms with Crippen LogP contribution in [0.25, 0.3) is 10.8 Å². The van der Waals surface area contributed by atoms with Crippen LogP contribution in [0.5, 0.6) is 0 Å². The van der Waals surface area contributed by atoms with Gasteiger partial charge in [0.25, 0.3) is 0 Å². The van der Waals surface area contributed by atoms with Crippen LogP contribution in [0.1, 0.15) is 16.7 Å². The van der Waals surface area contributed by atoms with E-state index in [0.717, 1.165) is 10.8 Å². The second-order valence-corrected chi connectivity index (χ2v) is 3.40. The summed E-state index contributed by atoms with van der Waals surface area (Å²) in [6.07, 6.45) is 3.43. The minimum atomic E-state index is 0.644. The van der Waals surface area contributed by atoms with E-state index < -0.39 is 0 Å². The molecule has 2 rings (SSSR count). The zero-order chi connectivity index (χ0) is 10.1. The monoisotopic (exact) mass is 182 g/mol. The molecule has 0 aliphatic heterocycles. The highest BCUT2D eigenvalue weighted by molar-refractivity contribution is 5.90. The van der Waals surface area contributed by atoms with E-state index in [1.165, 1.54) is 11.1 Å². The fraction of sp³-hybridized carbons (Fsp3) is 0.167. The van der Waals surface area contributed by atoms with Gasteiger partial charge in [0.15, 0.2) is 0 Å². The van der Waals surface area contributed by atoms with Crippen molar-refractivity contribution in [3.8, 4) is 6.07 Å². The summed E-state index contributed by atoms with van der Waals surface area (Å²) >= 11 is 0. The largest absolute Gasteiger partial charge is 0.263 e. The molecule has 0 amide bonds. The molecule has 14 heavy (non-hydrogen) atoms. The second-order valence-electron chi connectivity index (χ2n) is 3.40. The fourth-order valence-electron chi connectivity index (χ4n) is 1.58. The third kappa shape index (κ3) is 1.14. The Morgan fingerprint density at radius 2 is 1.93 bits per heavy atom. The summed E-state index contributed by atoms with van der Waals surface area (Å²) in [4.78, 5) is 4.06. The van der Waals surface area contributed by atoms with Gasteiger partial charge in [-0.15, -0.1) is 0 Å². The molecule has 2 aromatic rings. The lowest BCUT2D eigenvalue weighted by molar-refractivity contribution is 1.31. The Morgan fingerprint density at radius 1 is 1.14 bits per heavy atom. The first kappa shape index (κ1) is 8.71. The van der Waals surface area contributed by atoms with Crippen molar-refractivity contribution in [2.45, 2.75) is 13.8 Å². The molecular weight excluding hydrogens is 172 g/mol. The molecule has 0 unspecified atom stereocenters. The summed E-state index contributed by atoms with van der Waals surface area (Å²) in [5, 5.41) is 11.0. The number of fused-ring (bicyclic) bond motifs is 1. The van der Waals surface area contributed by atoms with Gasteiger partial charge in [-0.2, -0.15) is 5.26 Å². The molecule has 0 aliphatic carbocycles. The summed E-state index contributed by atoms with van der Waals surface area (Å²) in [7, 11) is 0. The lowest BCUT2D eigenvalue weighted by atomic mass is 10.0.